The maximum Gasteiger partial charge on any atom is 0.241 e. The zero-order valence-corrected chi connectivity index (χ0v) is 15.8. The number of anilines is 1. The number of halogens is 1. The largest absolute Gasteiger partial charge is 0.492 e. The van der Waals surface area contributed by atoms with Crippen molar-refractivity contribution in [1.29, 1.82) is 0 Å². The molecule has 0 saturated heterocycles. The van der Waals surface area contributed by atoms with E-state index in [2.05, 4.69) is 26.6 Å². The Morgan fingerprint density at radius 3 is 2.46 bits per heavy atom. The maximum absolute atomic E-state index is 12.5. The van der Waals surface area contributed by atoms with Crippen molar-refractivity contribution in [3.8, 4) is 5.75 Å². The molecule has 2 aromatic carbocycles. The van der Waals surface area contributed by atoms with Crippen molar-refractivity contribution in [1.82, 2.24) is 5.32 Å². The summed E-state index contributed by atoms with van der Waals surface area (Å²) in [6, 6.07) is 15.3. The van der Waals surface area contributed by atoms with E-state index in [1.54, 1.807) is 0 Å². The van der Waals surface area contributed by atoms with Crippen LogP contribution in [0.2, 0.25) is 0 Å². The molecule has 0 saturated carbocycles. The Hall–Kier alpha value is -1.85. The van der Waals surface area contributed by atoms with Gasteiger partial charge in [0.1, 0.15) is 5.75 Å². The van der Waals surface area contributed by atoms with Crippen LogP contribution >= 0.6 is 15.9 Å². The van der Waals surface area contributed by atoms with Crippen LogP contribution in [-0.4, -0.2) is 18.6 Å². The van der Waals surface area contributed by atoms with Gasteiger partial charge in [0, 0.05) is 10.5 Å². The Bertz CT molecular complexity index is 673. The lowest BCUT2D eigenvalue weighted by atomic mass is 10.1. The van der Waals surface area contributed by atoms with Gasteiger partial charge in [0.25, 0.3) is 0 Å². The second kappa shape index (κ2) is 8.85. The highest BCUT2D eigenvalue weighted by molar-refractivity contribution is 9.10. The molecule has 0 aliphatic carbocycles. The van der Waals surface area contributed by atoms with Gasteiger partial charge in [0.2, 0.25) is 5.91 Å². The fourth-order valence-electron chi connectivity index (χ4n) is 2.39. The summed E-state index contributed by atoms with van der Waals surface area (Å²) in [5.41, 5.74) is 1.82. The van der Waals surface area contributed by atoms with Gasteiger partial charge in [0.15, 0.2) is 0 Å². The van der Waals surface area contributed by atoms with E-state index in [-0.39, 0.29) is 18.0 Å². The van der Waals surface area contributed by atoms with E-state index >= 15 is 0 Å². The summed E-state index contributed by atoms with van der Waals surface area (Å²) in [5.74, 6) is 0.590. The van der Waals surface area contributed by atoms with Gasteiger partial charge in [-0.15, -0.1) is 0 Å². The number of ether oxygens (including phenoxy) is 1. The van der Waals surface area contributed by atoms with Crippen LogP contribution < -0.4 is 15.4 Å². The van der Waals surface area contributed by atoms with Gasteiger partial charge in [-0.25, -0.2) is 0 Å². The van der Waals surface area contributed by atoms with Gasteiger partial charge in [-0.3, -0.25) is 10.1 Å². The Morgan fingerprint density at radius 1 is 1.12 bits per heavy atom. The quantitative estimate of drug-likeness (QED) is 0.730. The van der Waals surface area contributed by atoms with Gasteiger partial charge in [-0.05, 0) is 50.6 Å². The van der Waals surface area contributed by atoms with E-state index in [0.29, 0.717) is 18.0 Å². The standard InChI is InChI=1S/C19H23BrN2O2/c1-4-24-18-8-6-5-7-17(18)22-19(23)14(3)21-13(2)15-9-11-16(20)12-10-15/h5-14,21H,4H2,1-3H3,(H,22,23)/t13-,14+/m1/s1. The molecule has 128 valence electrons. The van der Waals surface area contributed by atoms with Crippen LogP contribution in [0.15, 0.2) is 53.0 Å². The maximum atomic E-state index is 12.5. The SMILES string of the molecule is CCOc1ccccc1NC(=O)[C@H](C)N[C@H](C)c1ccc(Br)cc1. The van der Waals surface area contributed by atoms with Crippen molar-refractivity contribution >= 4 is 27.5 Å². The number of benzene rings is 2. The second-order valence-corrected chi connectivity index (χ2v) is 6.50. The molecule has 0 bridgehead atoms. The number of carbonyl (C=O) groups is 1. The monoisotopic (exact) mass is 390 g/mol. The predicted molar refractivity (Wildman–Crippen MR) is 101 cm³/mol. The van der Waals surface area contributed by atoms with Crippen molar-refractivity contribution in [3.05, 3.63) is 58.6 Å². The molecule has 2 aromatic rings. The molecule has 0 radical (unpaired) electrons. The molecule has 1 amide bonds. The minimum atomic E-state index is -0.335. The van der Waals surface area contributed by atoms with E-state index in [1.165, 1.54) is 0 Å². The van der Waals surface area contributed by atoms with Crippen LogP contribution in [0.4, 0.5) is 5.69 Å². The van der Waals surface area contributed by atoms with Crippen LogP contribution in [0.25, 0.3) is 0 Å². The molecule has 0 aromatic heterocycles. The zero-order chi connectivity index (χ0) is 17.5. The molecule has 0 fully saturated rings. The lowest BCUT2D eigenvalue weighted by molar-refractivity contribution is -0.118. The lowest BCUT2D eigenvalue weighted by Gasteiger charge is -2.20. The molecule has 0 heterocycles. The molecular weight excluding hydrogens is 368 g/mol. The number of hydrogen-bond donors (Lipinski definition) is 2. The Morgan fingerprint density at radius 2 is 1.79 bits per heavy atom. The minimum absolute atomic E-state index is 0.0704. The number of nitrogens with one attached hydrogen (secondary N) is 2. The summed E-state index contributed by atoms with van der Waals surface area (Å²) in [6.45, 7) is 6.37. The van der Waals surface area contributed by atoms with Gasteiger partial charge >= 0.3 is 0 Å². The highest BCUT2D eigenvalue weighted by Crippen LogP contribution is 2.24. The van der Waals surface area contributed by atoms with Gasteiger partial charge in [-0.2, -0.15) is 0 Å². The average molecular weight is 391 g/mol. The molecule has 24 heavy (non-hydrogen) atoms. The molecule has 5 heteroatoms. The fraction of sp³-hybridized carbons (Fsp3) is 0.316. The fourth-order valence-corrected chi connectivity index (χ4v) is 2.65. The lowest BCUT2D eigenvalue weighted by Crippen LogP contribution is -2.39. The van der Waals surface area contributed by atoms with Crippen molar-refractivity contribution in [2.24, 2.45) is 0 Å². The number of para-hydroxylation sites is 2. The van der Waals surface area contributed by atoms with Crippen molar-refractivity contribution in [2.45, 2.75) is 32.9 Å². The number of carbonyl (C=O) groups excluding carboxylic acids is 1. The van der Waals surface area contributed by atoms with Crippen molar-refractivity contribution in [2.75, 3.05) is 11.9 Å². The highest BCUT2D eigenvalue weighted by atomic mass is 79.9. The second-order valence-electron chi connectivity index (χ2n) is 5.58. The van der Waals surface area contributed by atoms with E-state index < -0.39 is 0 Å². The third kappa shape index (κ3) is 5.08. The normalized spacial score (nSPS) is 13.2. The van der Waals surface area contributed by atoms with Gasteiger partial charge in [-0.1, -0.05) is 40.2 Å². The van der Waals surface area contributed by atoms with Crippen LogP contribution in [0.3, 0.4) is 0 Å². The van der Waals surface area contributed by atoms with Crippen molar-refractivity contribution in [3.63, 3.8) is 0 Å². The summed E-state index contributed by atoms with van der Waals surface area (Å²) in [4.78, 5) is 12.5. The number of rotatable bonds is 7. The molecule has 2 N–H and O–H groups in total. The minimum Gasteiger partial charge on any atom is -0.492 e. The molecule has 0 aliphatic rings. The molecule has 0 unspecified atom stereocenters. The van der Waals surface area contributed by atoms with E-state index in [1.807, 2.05) is 69.3 Å². The first-order chi connectivity index (χ1) is 11.5. The van der Waals surface area contributed by atoms with E-state index in [0.717, 1.165) is 10.0 Å². The molecule has 2 rings (SSSR count). The summed E-state index contributed by atoms with van der Waals surface area (Å²) in [5, 5.41) is 6.25. The zero-order valence-electron chi connectivity index (χ0n) is 14.2. The Labute approximate surface area is 151 Å². The number of amides is 1. The van der Waals surface area contributed by atoms with Crippen LogP contribution in [0, 0.1) is 0 Å². The van der Waals surface area contributed by atoms with E-state index in [4.69, 9.17) is 4.74 Å². The topological polar surface area (TPSA) is 50.4 Å². The molecule has 4 nitrogen and oxygen atoms in total. The molecule has 0 aliphatic heterocycles. The predicted octanol–water partition coefficient (Wildman–Crippen LogP) is 4.53. The third-order valence-electron chi connectivity index (χ3n) is 3.71. The molecule has 0 spiro atoms. The third-order valence-corrected chi connectivity index (χ3v) is 4.24. The first-order valence-corrected chi connectivity index (χ1v) is 8.84. The Kier molecular flexibility index (Phi) is 6.82. The molecular formula is C19H23BrN2O2. The van der Waals surface area contributed by atoms with E-state index in [9.17, 15) is 4.79 Å². The molecule has 2 atom stereocenters. The van der Waals surface area contributed by atoms with Crippen LogP contribution in [0.5, 0.6) is 5.75 Å². The number of hydrogen-bond acceptors (Lipinski definition) is 3. The first kappa shape index (κ1) is 18.5. The van der Waals surface area contributed by atoms with Crippen LogP contribution in [0.1, 0.15) is 32.4 Å². The summed E-state index contributed by atoms with van der Waals surface area (Å²) >= 11 is 3.43. The first-order valence-electron chi connectivity index (χ1n) is 8.05. The summed E-state index contributed by atoms with van der Waals surface area (Å²) in [7, 11) is 0. The van der Waals surface area contributed by atoms with Gasteiger partial charge in [0.05, 0.1) is 18.3 Å². The van der Waals surface area contributed by atoms with Crippen LogP contribution in [-0.2, 0) is 4.79 Å². The average Bonchev–Trinajstić information content (AvgIpc) is 2.57. The summed E-state index contributed by atoms with van der Waals surface area (Å²) < 4.78 is 6.58. The smallest absolute Gasteiger partial charge is 0.241 e. The Balaban J connectivity index is 1.98. The van der Waals surface area contributed by atoms with Crippen molar-refractivity contribution < 1.29 is 9.53 Å². The summed E-state index contributed by atoms with van der Waals surface area (Å²) in [6.07, 6.45) is 0. The van der Waals surface area contributed by atoms with Gasteiger partial charge < -0.3 is 10.1 Å². The highest BCUT2D eigenvalue weighted by Gasteiger charge is 2.17.